The molecule has 3 unspecified atom stereocenters. The summed E-state index contributed by atoms with van der Waals surface area (Å²) >= 11 is 0. The number of fused-ring (bicyclic) bond motifs is 1. The van der Waals surface area contributed by atoms with Gasteiger partial charge in [0.15, 0.2) is 0 Å². The first-order chi connectivity index (χ1) is 10.6. The van der Waals surface area contributed by atoms with Crippen LogP contribution in [-0.4, -0.2) is 36.5 Å². The van der Waals surface area contributed by atoms with Gasteiger partial charge in [0.05, 0.1) is 6.61 Å². The number of nitrogens with zero attached hydrogens (tertiary/aromatic N) is 1. The lowest BCUT2D eigenvalue weighted by Gasteiger charge is -2.18. The number of halogens is 2. The standard InChI is InChI=1S/C17H23FN2O2.ClH/c18-13-3-1-4-14(9-13)22-8-2-5-17(21)20-10-12-6-7-16(19)15(12)11-20;/h1,3-4,9,12,15-16H,2,5-8,10-11,19H2;1H. The Morgan fingerprint density at radius 1 is 1.35 bits per heavy atom. The summed E-state index contributed by atoms with van der Waals surface area (Å²) in [5, 5.41) is 0. The molecule has 0 spiro atoms. The molecule has 1 saturated carbocycles. The van der Waals surface area contributed by atoms with Gasteiger partial charge in [-0.1, -0.05) is 6.07 Å². The Labute approximate surface area is 142 Å². The molecular weight excluding hydrogens is 319 g/mol. The fraction of sp³-hybridized carbons (Fsp3) is 0.588. The van der Waals surface area contributed by atoms with E-state index in [1.54, 1.807) is 12.1 Å². The predicted octanol–water partition coefficient (Wildman–Crippen LogP) is 2.60. The van der Waals surface area contributed by atoms with Crippen molar-refractivity contribution in [1.29, 1.82) is 0 Å². The second-order valence-corrected chi connectivity index (χ2v) is 6.37. The smallest absolute Gasteiger partial charge is 0.222 e. The van der Waals surface area contributed by atoms with Crippen LogP contribution in [0.4, 0.5) is 4.39 Å². The molecule has 1 aromatic rings. The summed E-state index contributed by atoms with van der Waals surface area (Å²) in [5.41, 5.74) is 6.09. The highest BCUT2D eigenvalue weighted by Gasteiger charge is 2.42. The van der Waals surface area contributed by atoms with Crippen LogP contribution < -0.4 is 10.5 Å². The Balaban J connectivity index is 0.00000192. The SMILES string of the molecule is Cl.NC1CCC2CN(C(=O)CCCOc3cccc(F)c3)CC12. The van der Waals surface area contributed by atoms with Gasteiger partial charge in [0.1, 0.15) is 11.6 Å². The zero-order valence-corrected chi connectivity index (χ0v) is 13.9. The minimum Gasteiger partial charge on any atom is -0.493 e. The van der Waals surface area contributed by atoms with Crippen molar-refractivity contribution >= 4 is 18.3 Å². The summed E-state index contributed by atoms with van der Waals surface area (Å²) in [6, 6.07) is 6.32. The van der Waals surface area contributed by atoms with Crippen LogP contribution in [0.15, 0.2) is 24.3 Å². The van der Waals surface area contributed by atoms with Gasteiger partial charge >= 0.3 is 0 Å². The number of benzene rings is 1. The van der Waals surface area contributed by atoms with E-state index in [0.717, 1.165) is 25.9 Å². The van der Waals surface area contributed by atoms with Crippen molar-refractivity contribution < 1.29 is 13.9 Å². The van der Waals surface area contributed by atoms with E-state index in [1.165, 1.54) is 12.1 Å². The van der Waals surface area contributed by atoms with Crippen LogP contribution in [0.2, 0.25) is 0 Å². The molecule has 2 N–H and O–H groups in total. The van der Waals surface area contributed by atoms with Crippen LogP contribution >= 0.6 is 12.4 Å². The molecule has 1 saturated heterocycles. The van der Waals surface area contributed by atoms with Crippen LogP contribution in [0.25, 0.3) is 0 Å². The summed E-state index contributed by atoms with van der Waals surface area (Å²) in [4.78, 5) is 14.2. The van der Waals surface area contributed by atoms with E-state index >= 15 is 0 Å². The van der Waals surface area contributed by atoms with E-state index in [2.05, 4.69) is 0 Å². The number of nitrogens with two attached hydrogens (primary N) is 1. The molecule has 3 atom stereocenters. The molecule has 0 radical (unpaired) electrons. The van der Waals surface area contributed by atoms with Gasteiger partial charge in [-0.2, -0.15) is 0 Å². The average molecular weight is 343 g/mol. The van der Waals surface area contributed by atoms with E-state index in [4.69, 9.17) is 10.5 Å². The van der Waals surface area contributed by atoms with Gasteiger partial charge in [-0.25, -0.2) is 4.39 Å². The molecule has 128 valence electrons. The Morgan fingerprint density at radius 3 is 2.91 bits per heavy atom. The Morgan fingerprint density at radius 2 is 2.17 bits per heavy atom. The fourth-order valence-corrected chi connectivity index (χ4v) is 3.64. The first-order valence-electron chi connectivity index (χ1n) is 8.05. The Hall–Kier alpha value is -1.33. The largest absolute Gasteiger partial charge is 0.493 e. The van der Waals surface area contributed by atoms with E-state index in [9.17, 15) is 9.18 Å². The van der Waals surface area contributed by atoms with Gasteiger partial charge in [-0.15, -0.1) is 12.4 Å². The van der Waals surface area contributed by atoms with Crippen molar-refractivity contribution in [3.63, 3.8) is 0 Å². The van der Waals surface area contributed by atoms with E-state index in [0.29, 0.717) is 37.0 Å². The maximum atomic E-state index is 13.0. The number of hydrogen-bond donors (Lipinski definition) is 1. The topological polar surface area (TPSA) is 55.6 Å². The average Bonchev–Trinajstić information content (AvgIpc) is 3.06. The van der Waals surface area contributed by atoms with Crippen LogP contribution in [0, 0.1) is 17.7 Å². The highest BCUT2D eigenvalue weighted by molar-refractivity contribution is 5.85. The first-order valence-corrected chi connectivity index (χ1v) is 8.05. The molecule has 4 nitrogen and oxygen atoms in total. The summed E-state index contributed by atoms with van der Waals surface area (Å²) < 4.78 is 18.5. The molecule has 0 aromatic heterocycles. The summed E-state index contributed by atoms with van der Waals surface area (Å²) in [6.45, 7) is 2.10. The third kappa shape index (κ3) is 4.36. The van der Waals surface area contributed by atoms with Crippen molar-refractivity contribution in [3.05, 3.63) is 30.1 Å². The predicted molar refractivity (Wildman–Crippen MR) is 89.1 cm³/mol. The Kier molecular flexibility index (Phi) is 6.25. The highest BCUT2D eigenvalue weighted by Crippen LogP contribution is 2.37. The molecule has 23 heavy (non-hydrogen) atoms. The van der Waals surface area contributed by atoms with Crippen molar-refractivity contribution in [2.45, 2.75) is 31.7 Å². The number of carbonyl (C=O) groups is 1. The molecule has 1 aromatic carbocycles. The van der Waals surface area contributed by atoms with Gasteiger partial charge in [-0.05, 0) is 43.2 Å². The lowest BCUT2D eigenvalue weighted by molar-refractivity contribution is -0.130. The zero-order valence-electron chi connectivity index (χ0n) is 13.1. The molecule has 2 aliphatic rings. The molecular formula is C17H24ClFN2O2. The number of amides is 1. The minimum atomic E-state index is -0.312. The number of rotatable bonds is 5. The van der Waals surface area contributed by atoms with Gasteiger partial charge in [-0.3, -0.25) is 4.79 Å². The van der Waals surface area contributed by atoms with Crippen LogP contribution in [0.5, 0.6) is 5.75 Å². The molecule has 1 aliphatic carbocycles. The van der Waals surface area contributed by atoms with Crippen molar-refractivity contribution in [3.8, 4) is 5.75 Å². The molecule has 2 fully saturated rings. The van der Waals surface area contributed by atoms with Crippen molar-refractivity contribution in [2.75, 3.05) is 19.7 Å². The van der Waals surface area contributed by atoms with Crippen LogP contribution in [0.3, 0.4) is 0 Å². The summed E-state index contributed by atoms with van der Waals surface area (Å²) in [6.07, 6.45) is 3.37. The van der Waals surface area contributed by atoms with E-state index in [1.807, 2.05) is 4.90 Å². The number of hydrogen-bond acceptors (Lipinski definition) is 3. The lowest BCUT2D eigenvalue weighted by Crippen LogP contribution is -2.33. The zero-order chi connectivity index (χ0) is 15.5. The third-order valence-electron chi connectivity index (χ3n) is 4.86. The maximum absolute atomic E-state index is 13.0. The fourth-order valence-electron chi connectivity index (χ4n) is 3.64. The van der Waals surface area contributed by atoms with Gasteiger partial charge in [0.2, 0.25) is 5.91 Å². The number of ether oxygens (including phenoxy) is 1. The first kappa shape index (κ1) is 18.0. The van der Waals surface area contributed by atoms with Crippen molar-refractivity contribution in [1.82, 2.24) is 4.90 Å². The number of carbonyl (C=O) groups excluding carboxylic acids is 1. The van der Waals surface area contributed by atoms with Gasteiger partial charge in [0.25, 0.3) is 0 Å². The molecule has 1 aliphatic heterocycles. The minimum absolute atomic E-state index is 0. The quantitative estimate of drug-likeness (QED) is 0.837. The second-order valence-electron chi connectivity index (χ2n) is 6.37. The molecule has 0 bridgehead atoms. The van der Waals surface area contributed by atoms with Gasteiger partial charge in [0, 0.05) is 31.6 Å². The lowest BCUT2D eigenvalue weighted by atomic mass is 9.98. The highest BCUT2D eigenvalue weighted by atomic mass is 35.5. The number of likely N-dealkylation sites (tertiary alicyclic amines) is 1. The van der Waals surface area contributed by atoms with E-state index < -0.39 is 0 Å². The molecule has 3 rings (SSSR count). The second kappa shape index (κ2) is 7.97. The van der Waals surface area contributed by atoms with Crippen LogP contribution in [0.1, 0.15) is 25.7 Å². The van der Waals surface area contributed by atoms with Gasteiger partial charge < -0.3 is 15.4 Å². The normalized spacial score (nSPS) is 25.8. The maximum Gasteiger partial charge on any atom is 0.222 e. The molecule has 1 amide bonds. The summed E-state index contributed by atoms with van der Waals surface area (Å²) in [5.74, 6) is 1.47. The monoisotopic (exact) mass is 342 g/mol. The Bertz CT molecular complexity index is 543. The third-order valence-corrected chi connectivity index (χ3v) is 4.86. The summed E-state index contributed by atoms with van der Waals surface area (Å²) in [7, 11) is 0. The van der Waals surface area contributed by atoms with Crippen molar-refractivity contribution in [2.24, 2.45) is 17.6 Å². The molecule has 6 heteroatoms. The van der Waals surface area contributed by atoms with E-state index in [-0.39, 0.29) is 30.2 Å². The van der Waals surface area contributed by atoms with Crippen LogP contribution in [-0.2, 0) is 4.79 Å². The molecule has 1 heterocycles.